The number of aliphatic hydroxyl groups is 3. The van der Waals surface area contributed by atoms with Gasteiger partial charge in [0, 0.05) is 37.7 Å². The van der Waals surface area contributed by atoms with Gasteiger partial charge in [0.05, 0.1) is 29.6 Å². The summed E-state index contributed by atoms with van der Waals surface area (Å²) in [7, 11) is 0. The fourth-order valence-corrected chi connectivity index (χ4v) is 10.2. The summed E-state index contributed by atoms with van der Waals surface area (Å²) in [5.74, 6) is -6.86. The van der Waals surface area contributed by atoms with Gasteiger partial charge in [-0.1, -0.05) is 80.6 Å². The van der Waals surface area contributed by atoms with Crippen LogP contribution < -0.4 is 5.32 Å². The molecule has 0 spiro atoms. The van der Waals surface area contributed by atoms with E-state index in [-0.39, 0.29) is 40.9 Å². The van der Waals surface area contributed by atoms with Gasteiger partial charge in [-0.2, -0.15) is 0 Å². The van der Waals surface area contributed by atoms with Crippen LogP contribution in [0.5, 0.6) is 0 Å². The maximum absolute atomic E-state index is 15.5. The van der Waals surface area contributed by atoms with E-state index in [1.165, 1.54) is 38.1 Å². The molecule has 3 aromatic rings. The van der Waals surface area contributed by atoms with E-state index < -0.39 is 113 Å². The third-order valence-electron chi connectivity index (χ3n) is 13.5. The monoisotopic (exact) mass is 853 g/mol. The SMILES string of the molecule is CC(=O)O[C@H]1C(=O)[C@@]2(C)[C@H]([C@H](OC(=O)c3ccccc3)[C@]3(O)C[C@H](OC(=O)[C@H](NC(=O)c4ccccc4)[C@@H](O)c4ccccc4)C(C)=C1C3(C)C)[C@]1(OC(C)=O)CO[C@@H]1C[C@@H]2O. The zero-order chi connectivity index (χ0) is 44.9. The van der Waals surface area contributed by atoms with Gasteiger partial charge in [-0.25, -0.2) is 9.59 Å². The largest absolute Gasteiger partial charge is 0.456 e. The Labute approximate surface area is 358 Å². The fourth-order valence-electron chi connectivity index (χ4n) is 10.2. The molecule has 0 aromatic heterocycles. The zero-order valence-electron chi connectivity index (χ0n) is 35.2. The molecule has 4 aliphatic rings. The predicted octanol–water partition coefficient (Wildman–Crippen LogP) is 3.74. The molecule has 0 unspecified atom stereocenters. The molecule has 1 aliphatic heterocycles. The van der Waals surface area contributed by atoms with Crippen molar-refractivity contribution >= 4 is 35.6 Å². The number of ketones is 1. The first-order valence-electron chi connectivity index (χ1n) is 20.5. The first-order chi connectivity index (χ1) is 29.3. The van der Waals surface area contributed by atoms with Gasteiger partial charge in [0.2, 0.25) is 0 Å². The molecule has 4 N–H and O–H groups in total. The summed E-state index contributed by atoms with van der Waals surface area (Å²) in [6.45, 7) is 7.99. The lowest BCUT2D eigenvalue weighted by atomic mass is 9.44. The number of amides is 1. The minimum absolute atomic E-state index is 0.00103. The van der Waals surface area contributed by atoms with Crippen molar-refractivity contribution < 1.29 is 67.8 Å². The molecule has 1 saturated heterocycles. The van der Waals surface area contributed by atoms with Gasteiger partial charge < -0.3 is 44.3 Å². The number of hydrogen-bond donors (Lipinski definition) is 4. The quantitative estimate of drug-likeness (QED) is 0.130. The smallest absolute Gasteiger partial charge is 0.338 e. The van der Waals surface area contributed by atoms with Gasteiger partial charge in [-0.3, -0.25) is 19.2 Å². The molecule has 3 aliphatic carbocycles. The van der Waals surface area contributed by atoms with Crippen LogP contribution in [0.15, 0.2) is 102 Å². The van der Waals surface area contributed by atoms with Crippen molar-refractivity contribution in [1.82, 2.24) is 5.32 Å². The maximum Gasteiger partial charge on any atom is 0.338 e. The number of esters is 4. The van der Waals surface area contributed by atoms with Gasteiger partial charge in [0.15, 0.2) is 23.5 Å². The van der Waals surface area contributed by atoms with E-state index in [4.69, 9.17) is 23.7 Å². The highest BCUT2D eigenvalue weighted by Gasteiger charge is 2.78. The number of carbonyl (C=O) groups is 6. The number of hydrogen-bond acceptors (Lipinski definition) is 14. The molecule has 328 valence electrons. The third-order valence-corrected chi connectivity index (χ3v) is 13.5. The number of Topliss-reactive ketones (excluding diaryl/α,β-unsaturated/α-hetero) is 1. The van der Waals surface area contributed by atoms with Crippen LogP contribution in [0.4, 0.5) is 0 Å². The molecule has 1 heterocycles. The Morgan fingerprint density at radius 2 is 1.40 bits per heavy atom. The van der Waals surface area contributed by atoms with Crippen LogP contribution in [0.3, 0.4) is 0 Å². The lowest BCUT2D eigenvalue weighted by Crippen LogP contribution is -2.82. The van der Waals surface area contributed by atoms with E-state index in [0.717, 1.165) is 13.8 Å². The van der Waals surface area contributed by atoms with E-state index in [9.17, 15) is 39.3 Å². The predicted molar refractivity (Wildman–Crippen MR) is 218 cm³/mol. The van der Waals surface area contributed by atoms with E-state index in [2.05, 4.69) is 5.32 Å². The van der Waals surface area contributed by atoms with Crippen LogP contribution in [-0.4, -0.2) is 105 Å². The summed E-state index contributed by atoms with van der Waals surface area (Å²) < 4.78 is 30.4. The fraction of sp³-hybridized carbons (Fsp3) is 0.447. The van der Waals surface area contributed by atoms with E-state index >= 15 is 4.79 Å². The van der Waals surface area contributed by atoms with Gasteiger partial charge in [0.25, 0.3) is 5.91 Å². The second-order valence-corrected chi connectivity index (χ2v) is 17.4. The van der Waals surface area contributed by atoms with Crippen molar-refractivity contribution in [2.45, 2.75) is 108 Å². The molecule has 2 saturated carbocycles. The molecule has 1 amide bonds. The minimum atomic E-state index is -2.40. The second-order valence-electron chi connectivity index (χ2n) is 17.4. The van der Waals surface area contributed by atoms with Gasteiger partial charge in [0.1, 0.15) is 30.0 Å². The molecular formula is C47H51NO14. The number of rotatable bonds is 10. The molecule has 62 heavy (non-hydrogen) atoms. The molecule has 0 radical (unpaired) electrons. The summed E-state index contributed by atoms with van der Waals surface area (Å²) in [4.78, 5) is 84.0. The maximum atomic E-state index is 15.5. The van der Waals surface area contributed by atoms with Crippen LogP contribution in [0.1, 0.15) is 86.8 Å². The molecule has 11 atom stereocenters. The number of ether oxygens (including phenoxy) is 5. The Morgan fingerprint density at radius 3 is 1.95 bits per heavy atom. The Bertz CT molecular complexity index is 2280. The van der Waals surface area contributed by atoms with E-state index in [0.29, 0.717) is 0 Å². The first-order valence-corrected chi connectivity index (χ1v) is 20.5. The van der Waals surface area contributed by atoms with Crippen LogP contribution in [0.25, 0.3) is 0 Å². The standard InChI is InChI=1S/C47H51NO14/c1-25-31(60-43(56)35(36(52)28-16-10-7-11-17-28)48-41(54)29-18-12-8-13-19-29)23-47(57)40(61-42(55)30-20-14-9-15-21-30)38-45(6,32(51)22-33-46(38,24-58-33)62-27(3)50)39(53)37(59-26(2)49)34(25)44(47,4)5/h7-21,31-33,35-38,40,51-52,57H,22-24H2,1-6H3,(H,48,54)/t31-,32-,33+,35+,36-,37+,38-,40-,45+,46-,47+/m0/s1. The van der Waals surface area contributed by atoms with Gasteiger partial charge in [-0.05, 0) is 54.8 Å². The van der Waals surface area contributed by atoms with Crippen LogP contribution in [0, 0.1) is 16.7 Å². The van der Waals surface area contributed by atoms with Crippen LogP contribution in [-0.2, 0) is 42.9 Å². The molecule has 15 heteroatoms. The lowest BCUT2D eigenvalue weighted by Gasteiger charge is -2.67. The molecule has 2 bridgehead atoms. The zero-order valence-corrected chi connectivity index (χ0v) is 35.2. The van der Waals surface area contributed by atoms with Crippen LogP contribution >= 0.6 is 0 Å². The summed E-state index contributed by atoms with van der Waals surface area (Å²) >= 11 is 0. The van der Waals surface area contributed by atoms with Crippen molar-refractivity contribution in [2.24, 2.45) is 16.7 Å². The number of benzene rings is 3. The highest BCUT2D eigenvalue weighted by atomic mass is 16.6. The molecule has 15 nitrogen and oxygen atoms in total. The van der Waals surface area contributed by atoms with Gasteiger partial charge in [-0.15, -0.1) is 0 Å². The van der Waals surface area contributed by atoms with Crippen molar-refractivity contribution in [1.29, 1.82) is 0 Å². The molecule has 3 aromatic carbocycles. The normalized spacial score (nSPS) is 31.9. The topological polar surface area (TPSA) is 221 Å². The Hall–Kier alpha value is -5.74. The lowest BCUT2D eigenvalue weighted by molar-refractivity contribution is -0.346. The number of aliphatic hydroxyl groups excluding tert-OH is 2. The Morgan fingerprint density at radius 1 is 0.823 bits per heavy atom. The Kier molecular flexibility index (Phi) is 11.8. The number of nitrogens with one attached hydrogen (secondary N) is 1. The molecule has 3 fully saturated rings. The summed E-state index contributed by atoms with van der Waals surface area (Å²) in [5, 5.41) is 40.1. The Balaban J connectivity index is 1.42. The summed E-state index contributed by atoms with van der Waals surface area (Å²) in [5.41, 5.74) is -7.20. The van der Waals surface area contributed by atoms with Crippen molar-refractivity contribution in [3.05, 3.63) is 119 Å². The highest BCUT2D eigenvalue weighted by Crippen LogP contribution is 2.64. The minimum Gasteiger partial charge on any atom is -0.456 e. The number of fused-ring (bicyclic) bond motifs is 5. The average molecular weight is 854 g/mol. The number of carbonyl (C=O) groups excluding carboxylic acids is 6. The van der Waals surface area contributed by atoms with Crippen molar-refractivity contribution in [3.8, 4) is 0 Å². The summed E-state index contributed by atoms with van der Waals surface area (Å²) in [6.07, 6.45) is -10.1. The first kappa shape index (κ1) is 44.3. The molecule has 7 rings (SSSR count). The van der Waals surface area contributed by atoms with Crippen molar-refractivity contribution in [3.63, 3.8) is 0 Å². The highest BCUT2D eigenvalue weighted by molar-refractivity contribution is 5.97. The average Bonchev–Trinajstić information content (AvgIpc) is 3.24. The summed E-state index contributed by atoms with van der Waals surface area (Å²) in [6, 6.07) is 22.2. The second kappa shape index (κ2) is 16.5. The third kappa shape index (κ3) is 7.29. The van der Waals surface area contributed by atoms with Crippen LogP contribution in [0.2, 0.25) is 0 Å². The van der Waals surface area contributed by atoms with Crippen molar-refractivity contribution in [2.75, 3.05) is 6.61 Å². The van der Waals surface area contributed by atoms with Gasteiger partial charge >= 0.3 is 23.9 Å². The van der Waals surface area contributed by atoms with E-state index in [1.807, 2.05) is 0 Å². The van der Waals surface area contributed by atoms with E-state index in [1.54, 1.807) is 80.6 Å². The molecular weight excluding hydrogens is 803 g/mol.